The summed E-state index contributed by atoms with van der Waals surface area (Å²) in [6.45, 7) is 7.21. The maximum atomic E-state index is 3.70. The van der Waals surface area contributed by atoms with Crippen molar-refractivity contribution in [1.82, 2.24) is 10.2 Å². The molecule has 1 aromatic carbocycles. The molecule has 0 amide bonds. The van der Waals surface area contributed by atoms with Crippen molar-refractivity contribution in [3.8, 4) is 0 Å². The number of hydrogen-bond acceptors (Lipinski definition) is 2. The van der Waals surface area contributed by atoms with Crippen LogP contribution in [0.4, 0.5) is 0 Å². The third-order valence-electron chi connectivity index (χ3n) is 4.95. The molecular formula is C18H28N2. The highest BCUT2D eigenvalue weighted by Gasteiger charge is 2.14. The Labute approximate surface area is 123 Å². The minimum Gasteiger partial charge on any atom is -0.309 e. The molecule has 1 saturated heterocycles. The van der Waals surface area contributed by atoms with E-state index in [4.69, 9.17) is 0 Å². The van der Waals surface area contributed by atoms with Gasteiger partial charge in [-0.25, -0.2) is 0 Å². The van der Waals surface area contributed by atoms with Crippen LogP contribution in [0.15, 0.2) is 18.2 Å². The molecule has 0 radical (unpaired) electrons. The zero-order valence-corrected chi connectivity index (χ0v) is 12.8. The fraction of sp³-hybridized carbons (Fsp3) is 0.667. The van der Waals surface area contributed by atoms with Crippen LogP contribution in [0.1, 0.15) is 55.3 Å². The summed E-state index contributed by atoms with van der Waals surface area (Å²) in [7, 11) is 0. The number of hydrogen-bond donors (Lipinski definition) is 1. The van der Waals surface area contributed by atoms with Crippen LogP contribution in [-0.4, -0.2) is 31.1 Å². The molecule has 1 atom stereocenters. The Balaban J connectivity index is 1.47. The van der Waals surface area contributed by atoms with E-state index in [2.05, 4.69) is 35.3 Å². The van der Waals surface area contributed by atoms with Crippen molar-refractivity contribution in [2.45, 2.75) is 51.5 Å². The Morgan fingerprint density at radius 3 is 2.70 bits per heavy atom. The lowest BCUT2D eigenvalue weighted by atomic mass is 10.0. The van der Waals surface area contributed by atoms with Crippen molar-refractivity contribution in [2.75, 3.05) is 26.2 Å². The first kappa shape index (κ1) is 14.1. The average Bonchev–Trinajstić information content (AvgIpc) is 2.95. The maximum absolute atomic E-state index is 3.70. The quantitative estimate of drug-likeness (QED) is 0.884. The van der Waals surface area contributed by atoms with Crippen LogP contribution in [0.5, 0.6) is 0 Å². The van der Waals surface area contributed by atoms with E-state index < -0.39 is 0 Å². The number of nitrogens with zero attached hydrogens (tertiary/aromatic N) is 1. The van der Waals surface area contributed by atoms with E-state index in [0.29, 0.717) is 6.04 Å². The second-order valence-corrected chi connectivity index (χ2v) is 6.46. The predicted molar refractivity (Wildman–Crippen MR) is 85.2 cm³/mol. The van der Waals surface area contributed by atoms with Gasteiger partial charge in [-0.15, -0.1) is 0 Å². The standard InChI is InChI=1S/C18H28N2/c1-15(19-10-13-20-11-3-2-4-12-20)17-9-8-16-6-5-7-18(16)14-17/h8-9,14-15,19H,2-7,10-13H2,1H3. The van der Waals surface area contributed by atoms with Crippen molar-refractivity contribution in [3.63, 3.8) is 0 Å². The van der Waals surface area contributed by atoms with Crippen LogP contribution in [0.25, 0.3) is 0 Å². The van der Waals surface area contributed by atoms with Gasteiger partial charge in [-0.2, -0.15) is 0 Å². The lowest BCUT2D eigenvalue weighted by molar-refractivity contribution is 0.227. The number of rotatable bonds is 5. The first-order valence-electron chi connectivity index (χ1n) is 8.40. The third-order valence-corrected chi connectivity index (χ3v) is 4.95. The minimum atomic E-state index is 0.477. The Morgan fingerprint density at radius 2 is 1.85 bits per heavy atom. The predicted octanol–water partition coefficient (Wildman–Crippen LogP) is 3.31. The van der Waals surface area contributed by atoms with E-state index in [9.17, 15) is 0 Å². The summed E-state index contributed by atoms with van der Waals surface area (Å²) in [5, 5.41) is 3.70. The van der Waals surface area contributed by atoms with Crippen LogP contribution in [0, 0.1) is 0 Å². The smallest absolute Gasteiger partial charge is 0.0292 e. The van der Waals surface area contributed by atoms with Gasteiger partial charge in [0.05, 0.1) is 0 Å². The van der Waals surface area contributed by atoms with Crippen LogP contribution in [0.2, 0.25) is 0 Å². The Morgan fingerprint density at radius 1 is 1.05 bits per heavy atom. The van der Waals surface area contributed by atoms with Crippen LogP contribution in [-0.2, 0) is 12.8 Å². The SMILES string of the molecule is CC(NCCN1CCCCC1)c1ccc2c(c1)CCC2. The van der Waals surface area contributed by atoms with Gasteiger partial charge in [0, 0.05) is 19.1 Å². The zero-order valence-electron chi connectivity index (χ0n) is 12.8. The number of benzene rings is 1. The van der Waals surface area contributed by atoms with Gasteiger partial charge in [-0.3, -0.25) is 0 Å². The first-order chi connectivity index (χ1) is 9.83. The number of piperidine rings is 1. The molecule has 0 spiro atoms. The maximum Gasteiger partial charge on any atom is 0.0292 e. The lowest BCUT2D eigenvalue weighted by Gasteiger charge is -2.27. The lowest BCUT2D eigenvalue weighted by Crippen LogP contribution is -2.36. The molecule has 1 N–H and O–H groups in total. The molecule has 0 saturated carbocycles. The highest BCUT2D eigenvalue weighted by molar-refractivity contribution is 5.36. The Hall–Kier alpha value is -0.860. The van der Waals surface area contributed by atoms with E-state index in [1.54, 1.807) is 11.1 Å². The molecule has 1 aliphatic carbocycles. The summed E-state index contributed by atoms with van der Waals surface area (Å²) in [5.74, 6) is 0. The minimum absolute atomic E-state index is 0.477. The van der Waals surface area contributed by atoms with E-state index in [-0.39, 0.29) is 0 Å². The van der Waals surface area contributed by atoms with Gasteiger partial charge >= 0.3 is 0 Å². The van der Waals surface area contributed by atoms with Crippen molar-refractivity contribution >= 4 is 0 Å². The fourth-order valence-electron chi connectivity index (χ4n) is 3.60. The molecule has 0 aromatic heterocycles. The van der Waals surface area contributed by atoms with Crippen LogP contribution >= 0.6 is 0 Å². The van der Waals surface area contributed by atoms with E-state index in [0.717, 1.165) is 6.54 Å². The summed E-state index contributed by atoms with van der Waals surface area (Å²) >= 11 is 0. The van der Waals surface area contributed by atoms with Crippen LogP contribution < -0.4 is 5.32 Å². The van der Waals surface area contributed by atoms with Gasteiger partial charge in [0.25, 0.3) is 0 Å². The summed E-state index contributed by atoms with van der Waals surface area (Å²) in [5.41, 5.74) is 4.63. The van der Waals surface area contributed by atoms with Crippen molar-refractivity contribution in [1.29, 1.82) is 0 Å². The molecule has 1 aliphatic heterocycles. The molecule has 1 heterocycles. The highest BCUT2D eigenvalue weighted by atomic mass is 15.1. The summed E-state index contributed by atoms with van der Waals surface area (Å²) in [6, 6.07) is 7.58. The summed E-state index contributed by atoms with van der Waals surface area (Å²) in [6.07, 6.45) is 8.11. The molecule has 2 nitrogen and oxygen atoms in total. The molecule has 0 bridgehead atoms. The largest absolute Gasteiger partial charge is 0.309 e. The first-order valence-corrected chi connectivity index (χ1v) is 8.40. The van der Waals surface area contributed by atoms with Gasteiger partial charge < -0.3 is 10.2 Å². The molecule has 3 rings (SSSR count). The van der Waals surface area contributed by atoms with Gasteiger partial charge in [-0.05, 0) is 68.8 Å². The van der Waals surface area contributed by atoms with Crippen LogP contribution in [0.3, 0.4) is 0 Å². The van der Waals surface area contributed by atoms with Gasteiger partial charge in [-0.1, -0.05) is 24.6 Å². The molecule has 110 valence electrons. The normalized spacial score (nSPS) is 20.9. The van der Waals surface area contributed by atoms with E-state index >= 15 is 0 Å². The van der Waals surface area contributed by atoms with Crippen molar-refractivity contribution in [3.05, 3.63) is 34.9 Å². The molecular weight excluding hydrogens is 244 g/mol. The molecule has 20 heavy (non-hydrogen) atoms. The number of fused-ring (bicyclic) bond motifs is 1. The highest BCUT2D eigenvalue weighted by Crippen LogP contribution is 2.25. The van der Waals surface area contributed by atoms with Crippen molar-refractivity contribution < 1.29 is 0 Å². The topological polar surface area (TPSA) is 15.3 Å². The monoisotopic (exact) mass is 272 g/mol. The number of aryl methyl sites for hydroxylation is 2. The number of likely N-dealkylation sites (tertiary alicyclic amines) is 1. The van der Waals surface area contributed by atoms with Gasteiger partial charge in [0.15, 0.2) is 0 Å². The molecule has 1 fully saturated rings. The average molecular weight is 272 g/mol. The zero-order chi connectivity index (χ0) is 13.8. The summed E-state index contributed by atoms with van der Waals surface area (Å²) < 4.78 is 0. The molecule has 2 aliphatic rings. The summed E-state index contributed by atoms with van der Waals surface area (Å²) in [4.78, 5) is 2.60. The molecule has 1 aromatic rings. The van der Waals surface area contributed by atoms with Crippen molar-refractivity contribution in [2.24, 2.45) is 0 Å². The van der Waals surface area contributed by atoms with E-state index in [1.807, 2.05) is 0 Å². The van der Waals surface area contributed by atoms with E-state index in [1.165, 1.54) is 63.7 Å². The Bertz CT molecular complexity index is 435. The second kappa shape index (κ2) is 6.73. The van der Waals surface area contributed by atoms with Gasteiger partial charge in [0.2, 0.25) is 0 Å². The molecule has 2 heteroatoms. The second-order valence-electron chi connectivity index (χ2n) is 6.46. The van der Waals surface area contributed by atoms with Gasteiger partial charge in [0.1, 0.15) is 0 Å². The molecule has 1 unspecified atom stereocenters. The third kappa shape index (κ3) is 3.42. The number of nitrogens with one attached hydrogen (secondary N) is 1. The fourth-order valence-corrected chi connectivity index (χ4v) is 3.60. The Kier molecular flexibility index (Phi) is 4.74.